The molecule has 0 aromatic heterocycles. The number of hydrogen-bond donors (Lipinski definition) is 1. The van der Waals surface area contributed by atoms with Crippen LogP contribution in [0.5, 0.6) is 0 Å². The Labute approximate surface area is 79.3 Å². The van der Waals surface area contributed by atoms with Crippen LogP contribution in [0.15, 0.2) is 0 Å². The molecule has 1 saturated heterocycles. The average Bonchev–Trinajstić information content (AvgIpc) is 2.04. The van der Waals surface area contributed by atoms with Gasteiger partial charge in [0, 0.05) is 12.8 Å². The fourth-order valence-corrected chi connectivity index (χ4v) is 1.85. The summed E-state index contributed by atoms with van der Waals surface area (Å²) in [5.41, 5.74) is -1.07. The monoisotopic (exact) mass is 183 g/mol. The van der Waals surface area contributed by atoms with Crippen molar-refractivity contribution in [2.24, 2.45) is 0 Å². The van der Waals surface area contributed by atoms with Crippen molar-refractivity contribution < 1.29 is 9.84 Å². The van der Waals surface area contributed by atoms with Crippen molar-refractivity contribution >= 4 is 0 Å². The molecular weight excluding hydrogens is 166 g/mol. The molecule has 13 heavy (non-hydrogen) atoms. The third-order valence-electron chi connectivity index (χ3n) is 2.88. The normalized spacial score (nSPS) is 39.8. The molecule has 74 valence electrons. The quantitative estimate of drug-likeness (QED) is 0.707. The Balaban J connectivity index is 2.66. The van der Waals surface area contributed by atoms with E-state index in [4.69, 9.17) is 10.00 Å². The Morgan fingerprint density at radius 1 is 1.62 bits per heavy atom. The Morgan fingerprint density at radius 3 is 2.85 bits per heavy atom. The van der Waals surface area contributed by atoms with E-state index in [-0.39, 0.29) is 12.0 Å². The van der Waals surface area contributed by atoms with E-state index in [1.54, 1.807) is 0 Å². The summed E-state index contributed by atoms with van der Waals surface area (Å²) < 4.78 is 5.59. The smallest absolute Gasteiger partial charge is 0.0826 e. The van der Waals surface area contributed by atoms with E-state index >= 15 is 0 Å². The molecule has 1 aliphatic heterocycles. The predicted molar refractivity (Wildman–Crippen MR) is 49.1 cm³/mol. The van der Waals surface area contributed by atoms with Gasteiger partial charge in [-0.15, -0.1) is 0 Å². The van der Waals surface area contributed by atoms with Crippen LogP contribution in [0, 0.1) is 11.3 Å². The van der Waals surface area contributed by atoms with Crippen LogP contribution in [0.25, 0.3) is 0 Å². The maximum Gasteiger partial charge on any atom is 0.0826 e. The van der Waals surface area contributed by atoms with E-state index in [0.29, 0.717) is 19.4 Å². The first kappa shape index (κ1) is 10.5. The Morgan fingerprint density at radius 2 is 2.31 bits per heavy atom. The molecule has 0 saturated carbocycles. The number of ether oxygens (including phenoxy) is 1. The summed E-state index contributed by atoms with van der Waals surface area (Å²) in [6.45, 7) is 4.59. The second-order valence-corrected chi connectivity index (χ2v) is 4.14. The molecule has 1 rings (SSSR count). The number of hydrogen-bond acceptors (Lipinski definition) is 3. The van der Waals surface area contributed by atoms with Crippen LogP contribution in [0.3, 0.4) is 0 Å². The van der Waals surface area contributed by atoms with E-state index in [0.717, 1.165) is 6.42 Å². The van der Waals surface area contributed by atoms with Crippen LogP contribution in [0.4, 0.5) is 0 Å². The molecule has 0 aliphatic carbocycles. The average molecular weight is 183 g/mol. The number of rotatable bonds is 2. The second-order valence-electron chi connectivity index (χ2n) is 4.14. The zero-order valence-electron chi connectivity index (χ0n) is 8.34. The van der Waals surface area contributed by atoms with Gasteiger partial charge in [0.15, 0.2) is 0 Å². The minimum Gasteiger partial charge on any atom is -0.389 e. The maximum atomic E-state index is 10.0. The van der Waals surface area contributed by atoms with E-state index < -0.39 is 5.60 Å². The zero-order chi connectivity index (χ0) is 9.95. The molecule has 0 bridgehead atoms. The van der Waals surface area contributed by atoms with Gasteiger partial charge in [-0.25, -0.2) is 0 Å². The highest BCUT2D eigenvalue weighted by molar-refractivity contribution is 4.97. The van der Waals surface area contributed by atoms with Gasteiger partial charge in [0.2, 0.25) is 0 Å². The Kier molecular flexibility index (Phi) is 2.94. The molecule has 1 fully saturated rings. The standard InChI is InChI=1S/C10H17NO2/c1-3-9(2)8-10(12,4-6-11)5-7-13-9/h12H,3-5,7-8H2,1-2H3. The molecule has 1 N–H and O–H groups in total. The molecule has 1 heterocycles. The van der Waals surface area contributed by atoms with Crippen molar-refractivity contribution in [1.29, 1.82) is 5.26 Å². The molecule has 2 unspecified atom stereocenters. The molecule has 0 aromatic rings. The molecule has 2 atom stereocenters. The lowest BCUT2D eigenvalue weighted by atomic mass is 9.80. The van der Waals surface area contributed by atoms with Crippen molar-refractivity contribution in [3.63, 3.8) is 0 Å². The zero-order valence-corrected chi connectivity index (χ0v) is 8.34. The molecule has 3 heteroatoms. The van der Waals surface area contributed by atoms with Gasteiger partial charge < -0.3 is 9.84 Å². The highest BCUT2D eigenvalue weighted by Crippen LogP contribution is 2.35. The van der Waals surface area contributed by atoms with Gasteiger partial charge in [-0.05, 0) is 13.3 Å². The van der Waals surface area contributed by atoms with Gasteiger partial charge in [-0.2, -0.15) is 5.26 Å². The molecule has 0 amide bonds. The molecule has 0 aromatic carbocycles. The fourth-order valence-electron chi connectivity index (χ4n) is 1.85. The molecule has 0 radical (unpaired) electrons. The lowest BCUT2D eigenvalue weighted by molar-refractivity contribution is -0.151. The van der Waals surface area contributed by atoms with Gasteiger partial charge in [0.05, 0.1) is 30.3 Å². The maximum absolute atomic E-state index is 10.0. The van der Waals surface area contributed by atoms with Gasteiger partial charge in [0.1, 0.15) is 0 Å². The lowest BCUT2D eigenvalue weighted by Crippen LogP contribution is -2.46. The van der Waals surface area contributed by atoms with Gasteiger partial charge >= 0.3 is 0 Å². The van der Waals surface area contributed by atoms with Crippen LogP contribution >= 0.6 is 0 Å². The first-order chi connectivity index (χ1) is 6.04. The van der Waals surface area contributed by atoms with Gasteiger partial charge in [-0.1, -0.05) is 6.92 Å². The van der Waals surface area contributed by atoms with Crippen LogP contribution in [-0.4, -0.2) is 22.9 Å². The first-order valence-electron chi connectivity index (χ1n) is 4.77. The van der Waals surface area contributed by atoms with E-state index in [2.05, 4.69) is 0 Å². The lowest BCUT2D eigenvalue weighted by Gasteiger charge is -2.42. The van der Waals surface area contributed by atoms with Crippen molar-refractivity contribution in [2.45, 2.75) is 50.7 Å². The third-order valence-corrected chi connectivity index (χ3v) is 2.88. The first-order valence-corrected chi connectivity index (χ1v) is 4.77. The highest BCUT2D eigenvalue weighted by Gasteiger charge is 2.40. The van der Waals surface area contributed by atoms with Crippen molar-refractivity contribution in [2.75, 3.05) is 6.61 Å². The summed E-state index contributed by atoms with van der Waals surface area (Å²) in [5.74, 6) is 0. The summed E-state index contributed by atoms with van der Waals surface area (Å²) in [7, 11) is 0. The van der Waals surface area contributed by atoms with Crippen LogP contribution < -0.4 is 0 Å². The third kappa shape index (κ3) is 2.43. The summed E-state index contributed by atoms with van der Waals surface area (Å²) >= 11 is 0. The topological polar surface area (TPSA) is 53.2 Å². The summed E-state index contributed by atoms with van der Waals surface area (Å²) in [6, 6.07) is 2.03. The van der Waals surface area contributed by atoms with Gasteiger partial charge in [0.25, 0.3) is 0 Å². The molecule has 1 aliphatic rings. The fraction of sp³-hybridized carbons (Fsp3) is 0.900. The summed E-state index contributed by atoms with van der Waals surface area (Å²) in [5, 5.41) is 18.6. The number of aliphatic hydroxyl groups is 1. The summed E-state index contributed by atoms with van der Waals surface area (Å²) in [6.07, 6.45) is 2.24. The number of nitrogens with zero attached hydrogens (tertiary/aromatic N) is 1. The SMILES string of the molecule is CCC1(C)CC(O)(CC#N)CCO1. The van der Waals surface area contributed by atoms with E-state index in [9.17, 15) is 5.11 Å². The second kappa shape index (κ2) is 3.65. The Hall–Kier alpha value is -0.590. The van der Waals surface area contributed by atoms with Gasteiger partial charge in [-0.3, -0.25) is 0 Å². The molecular formula is C10H17NO2. The largest absolute Gasteiger partial charge is 0.389 e. The van der Waals surface area contributed by atoms with Crippen LogP contribution in [-0.2, 0) is 4.74 Å². The molecule has 3 nitrogen and oxygen atoms in total. The van der Waals surface area contributed by atoms with Crippen molar-refractivity contribution in [3.05, 3.63) is 0 Å². The number of nitriles is 1. The van der Waals surface area contributed by atoms with E-state index in [1.807, 2.05) is 19.9 Å². The highest BCUT2D eigenvalue weighted by atomic mass is 16.5. The van der Waals surface area contributed by atoms with Crippen LogP contribution in [0.2, 0.25) is 0 Å². The van der Waals surface area contributed by atoms with Crippen molar-refractivity contribution in [3.8, 4) is 6.07 Å². The summed E-state index contributed by atoms with van der Waals surface area (Å²) in [4.78, 5) is 0. The van der Waals surface area contributed by atoms with Crippen LogP contribution in [0.1, 0.15) is 39.5 Å². The predicted octanol–water partition coefficient (Wildman–Crippen LogP) is 1.61. The van der Waals surface area contributed by atoms with E-state index in [1.165, 1.54) is 0 Å². The Bertz CT molecular complexity index is 223. The van der Waals surface area contributed by atoms with Crippen molar-refractivity contribution in [1.82, 2.24) is 0 Å². The minimum atomic E-state index is -0.822. The molecule has 0 spiro atoms. The minimum absolute atomic E-state index is 0.214.